The standard InChI is InChI=1S/C13H17N3O/c1-9(2)15-8-13(17)16-11-3-4-12-10(7-11)5-6-14-12/h3-7,9,14-15H,8H2,1-2H3,(H,16,17). The summed E-state index contributed by atoms with van der Waals surface area (Å²) in [4.78, 5) is 14.7. The van der Waals surface area contributed by atoms with E-state index in [9.17, 15) is 4.79 Å². The summed E-state index contributed by atoms with van der Waals surface area (Å²) in [5.41, 5.74) is 1.90. The molecular weight excluding hydrogens is 214 g/mol. The van der Waals surface area contributed by atoms with E-state index in [1.54, 1.807) is 0 Å². The lowest BCUT2D eigenvalue weighted by Crippen LogP contribution is -2.32. The highest BCUT2D eigenvalue weighted by atomic mass is 16.1. The molecule has 0 spiro atoms. The van der Waals surface area contributed by atoms with Gasteiger partial charge in [-0.25, -0.2) is 0 Å². The van der Waals surface area contributed by atoms with Gasteiger partial charge in [0.15, 0.2) is 0 Å². The maximum absolute atomic E-state index is 11.6. The quantitative estimate of drug-likeness (QED) is 0.754. The molecule has 1 aromatic carbocycles. The number of anilines is 1. The minimum atomic E-state index is -0.0198. The van der Waals surface area contributed by atoms with Gasteiger partial charge in [-0.05, 0) is 24.3 Å². The Labute approximate surface area is 100 Å². The van der Waals surface area contributed by atoms with Crippen LogP contribution in [0.2, 0.25) is 0 Å². The second kappa shape index (κ2) is 5.01. The van der Waals surface area contributed by atoms with Crippen LogP contribution in [0.4, 0.5) is 5.69 Å². The minimum absolute atomic E-state index is 0.0198. The molecule has 0 saturated heterocycles. The normalized spacial score (nSPS) is 11.0. The van der Waals surface area contributed by atoms with Crippen LogP contribution in [0.5, 0.6) is 0 Å². The first-order valence-electron chi connectivity index (χ1n) is 5.75. The van der Waals surface area contributed by atoms with Crippen molar-refractivity contribution in [2.45, 2.75) is 19.9 Å². The topological polar surface area (TPSA) is 56.9 Å². The summed E-state index contributed by atoms with van der Waals surface area (Å²) in [6.45, 7) is 4.36. The molecule has 0 aliphatic rings. The van der Waals surface area contributed by atoms with Gasteiger partial charge in [-0.1, -0.05) is 13.8 Å². The highest BCUT2D eigenvalue weighted by Gasteiger charge is 2.03. The van der Waals surface area contributed by atoms with Gasteiger partial charge in [0, 0.05) is 28.8 Å². The molecule has 17 heavy (non-hydrogen) atoms. The summed E-state index contributed by atoms with van der Waals surface area (Å²) in [5, 5.41) is 7.04. The van der Waals surface area contributed by atoms with E-state index in [-0.39, 0.29) is 5.91 Å². The lowest BCUT2D eigenvalue weighted by atomic mass is 10.2. The van der Waals surface area contributed by atoms with Crippen LogP contribution < -0.4 is 10.6 Å². The third-order valence-electron chi connectivity index (χ3n) is 2.51. The molecule has 0 saturated carbocycles. The molecule has 4 heteroatoms. The Morgan fingerprint density at radius 2 is 2.18 bits per heavy atom. The Kier molecular flexibility index (Phi) is 3.44. The molecule has 1 aromatic heterocycles. The highest BCUT2D eigenvalue weighted by molar-refractivity contribution is 5.94. The van der Waals surface area contributed by atoms with Crippen LogP contribution in [0.3, 0.4) is 0 Å². The number of nitrogens with one attached hydrogen (secondary N) is 3. The third-order valence-corrected chi connectivity index (χ3v) is 2.51. The Hall–Kier alpha value is -1.81. The van der Waals surface area contributed by atoms with Crippen LogP contribution in [-0.2, 0) is 4.79 Å². The first kappa shape index (κ1) is 11.7. The monoisotopic (exact) mass is 231 g/mol. The summed E-state index contributed by atoms with van der Waals surface area (Å²) in [5.74, 6) is -0.0198. The van der Waals surface area contributed by atoms with E-state index in [1.165, 1.54) is 0 Å². The number of rotatable bonds is 4. The smallest absolute Gasteiger partial charge is 0.238 e. The number of benzene rings is 1. The van der Waals surface area contributed by atoms with E-state index in [4.69, 9.17) is 0 Å². The Bertz CT molecular complexity index is 516. The number of aromatic nitrogens is 1. The van der Waals surface area contributed by atoms with E-state index in [1.807, 2.05) is 44.3 Å². The number of hydrogen-bond acceptors (Lipinski definition) is 2. The van der Waals surface area contributed by atoms with Crippen molar-refractivity contribution in [1.82, 2.24) is 10.3 Å². The summed E-state index contributed by atoms with van der Waals surface area (Å²) >= 11 is 0. The van der Waals surface area contributed by atoms with Crippen LogP contribution in [0.1, 0.15) is 13.8 Å². The zero-order valence-corrected chi connectivity index (χ0v) is 10.1. The summed E-state index contributed by atoms with van der Waals surface area (Å²) < 4.78 is 0. The molecular formula is C13H17N3O. The van der Waals surface area contributed by atoms with Gasteiger partial charge in [0.05, 0.1) is 6.54 Å². The number of carbonyl (C=O) groups excluding carboxylic acids is 1. The first-order chi connectivity index (χ1) is 8.15. The lowest BCUT2D eigenvalue weighted by Gasteiger charge is -2.08. The van der Waals surface area contributed by atoms with Gasteiger partial charge in [-0.3, -0.25) is 4.79 Å². The first-order valence-corrected chi connectivity index (χ1v) is 5.75. The van der Waals surface area contributed by atoms with Gasteiger partial charge in [0.25, 0.3) is 0 Å². The minimum Gasteiger partial charge on any atom is -0.361 e. The molecule has 1 heterocycles. The van der Waals surface area contributed by atoms with E-state index in [0.717, 1.165) is 16.6 Å². The van der Waals surface area contributed by atoms with Crippen LogP contribution in [0, 0.1) is 0 Å². The largest absolute Gasteiger partial charge is 0.361 e. The van der Waals surface area contributed by atoms with Crippen molar-refractivity contribution in [2.75, 3.05) is 11.9 Å². The molecule has 0 bridgehead atoms. The molecule has 0 aliphatic heterocycles. The zero-order chi connectivity index (χ0) is 12.3. The van der Waals surface area contributed by atoms with Gasteiger partial charge < -0.3 is 15.6 Å². The fourth-order valence-corrected chi connectivity index (χ4v) is 1.63. The van der Waals surface area contributed by atoms with Crippen LogP contribution in [0.25, 0.3) is 10.9 Å². The van der Waals surface area contributed by atoms with E-state index in [2.05, 4.69) is 15.6 Å². The number of amides is 1. The predicted molar refractivity (Wildman–Crippen MR) is 70.1 cm³/mol. The molecule has 2 rings (SSSR count). The Morgan fingerprint density at radius 1 is 1.35 bits per heavy atom. The van der Waals surface area contributed by atoms with E-state index < -0.39 is 0 Å². The Morgan fingerprint density at radius 3 is 2.94 bits per heavy atom. The predicted octanol–water partition coefficient (Wildman–Crippen LogP) is 2.10. The fraction of sp³-hybridized carbons (Fsp3) is 0.308. The molecule has 0 aliphatic carbocycles. The fourth-order valence-electron chi connectivity index (χ4n) is 1.63. The molecule has 0 atom stereocenters. The molecule has 0 fully saturated rings. The SMILES string of the molecule is CC(C)NCC(=O)Nc1ccc2[nH]ccc2c1. The molecule has 0 radical (unpaired) electrons. The molecule has 90 valence electrons. The molecule has 2 aromatic rings. The van der Waals surface area contributed by atoms with E-state index in [0.29, 0.717) is 12.6 Å². The highest BCUT2D eigenvalue weighted by Crippen LogP contribution is 2.17. The van der Waals surface area contributed by atoms with Crippen LogP contribution >= 0.6 is 0 Å². The van der Waals surface area contributed by atoms with Crippen LogP contribution in [-0.4, -0.2) is 23.5 Å². The van der Waals surface area contributed by atoms with Crippen LogP contribution in [0.15, 0.2) is 30.5 Å². The van der Waals surface area contributed by atoms with Crippen molar-refractivity contribution in [3.8, 4) is 0 Å². The average Bonchev–Trinajstić information content (AvgIpc) is 2.73. The number of H-pyrrole nitrogens is 1. The summed E-state index contributed by atoms with van der Waals surface area (Å²) in [6, 6.07) is 8.11. The third kappa shape index (κ3) is 3.07. The van der Waals surface area contributed by atoms with Crippen molar-refractivity contribution >= 4 is 22.5 Å². The number of aromatic amines is 1. The van der Waals surface area contributed by atoms with Crippen molar-refractivity contribution in [3.63, 3.8) is 0 Å². The maximum Gasteiger partial charge on any atom is 0.238 e. The zero-order valence-electron chi connectivity index (χ0n) is 10.1. The number of hydrogen-bond donors (Lipinski definition) is 3. The molecule has 0 unspecified atom stereocenters. The van der Waals surface area contributed by atoms with Gasteiger partial charge in [-0.2, -0.15) is 0 Å². The second-order valence-electron chi connectivity index (χ2n) is 4.36. The van der Waals surface area contributed by atoms with Gasteiger partial charge in [-0.15, -0.1) is 0 Å². The molecule has 1 amide bonds. The molecule has 4 nitrogen and oxygen atoms in total. The number of carbonyl (C=O) groups is 1. The maximum atomic E-state index is 11.6. The lowest BCUT2D eigenvalue weighted by molar-refractivity contribution is -0.115. The van der Waals surface area contributed by atoms with Gasteiger partial charge in [0.1, 0.15) is 0 Å². The summed E-state index contributed by atoms with van der Waals surface area (Å²) in [6.07, 6.45) is 1.89. The van der Waals surface area contributed by atoms with Crippen molar-refractivity contribution in [3.05, 3.63) is 30.5 Å². The van der Waals surface area contributed by atoms with Gasteiger partial charge >= 0.3 is 0 Å². The van der Waals surface area contributed by atoms with Crippen molar-refractivity contribution in [1.29, 1.82) is 0 Å². The second-order valence-corrected chi connectivity index (χ2v) is 4.36. The van der Waals surface area contributed by atoms with Crippen molar-refractivity contribution < 1.29 is 4.79 Å². The van der Waals surface area contributed by atoms with Gasteiger partial charge in [0.2, 0.25) is 5.91 Å². The average molecular weight is 231 g/mol. The van der Waals surface area contributed by atoms with Crippen molar-refractivity contribution in [2.24, 2.45) is 0 Å². The molecule has 3 N–H and O–H groups in total. The summed E-state index contributed by atoms with van der Waals surface area (Å²) in [7, 11) is 0. The number of fused-ring (bicyclic) bond motifs is 1. The Balaban J connectivity index is 2.00. The van der Waals surface area contributed by atoms with E-state index >= 15 is 0 Å².